The Kier molecular flexibility index (Phi) is 7.20. The minimum absolute atomic E-state index is 0. The Morgan fingerprint density at radius 2 is 1.88 bits per heavy atom. The number of ether oxygens (including phenoxy) is 2. The summed E-state index contributed by atoms with van der Waals surface area (Å²) in [4.78, 5) is 26.8. The summed E-state index contributed by atoms with van der Waals surface area (Å²) in [5.74, 6) is -4.78. The average Bonchev–Trinajstić information content (AvgIpc) is 3.04. The molecule has 0 bridgehead atoms. The van der Waals surface area contributed by atoms with Gasteiger partial charge in [-0.15, -0.1) is 12.4 Å². The van der Waals surface area contributed by atoms with E-state index in [2.05, 4.69) is 9.72 Å². The number of hydrogen-bond acceptors (Lipinski definition) is 5. The van der Waals surface area contributed by atoms with Crippen LogP contribution in [0.2, 0.25) is 5.02 Å². The van der Waals surface area contributed by atoms with Gasteiger partial charge in [-0.3, -0.25) is 0 Å². The number of alkyl halides is 6. The number of benzene rings is 1. The molecule has 0 saturated carbocycles. The number of imidazole rings is 1. The van der Waals surface area contributed by atoms with E-state index in [0.29, 0.717) is 17.5 Å². The molecule has 1 unspecified atom stereocenters. The fourth-order valence-corrected chi connectivity index (χ4v) is 2.98. The molecule has 1 aliphatic rings. The second-order valence-corrected chi connectivity index (χ2v) is 6.80. The summed E-state index contributed by atoms with van der Waals surface area (Å²) in [5.41, 5.74) is -1.07. The lowest BCUT2D eigenvalue weighted by Gasteiger charge is -2.28. The first kappa shape index (κ1) is 25.5. The molecule has 1 atom stereocenters. The van der Waals surface area contributed by atoms with Crippen LogP contribution in [-0.2, 0) is 20.9 Å². The summed E-state index contributed by atoms with van der Waals surface area (Å²) in [5, 5.41) is 0.0937. The van der Waals surface area contributed by atoms with Crippen LogP contribution in [0.15, 0.2) is 30.1 Å². The van der Waals surface area contributed by atoms with Gasteiger partial charge in [0.25, 0.3) is 0 Å². The van der Waals surface area contributed by atoms with Crippen LogP contribution < -0.4 is 4.74 Å². The number of fused-ring (bicyclic) bond motifs is 1. The molecular weight excluding hydrogens is 493 g/mol. The number of esters is 2. The van der Waals surface area contributed by atoms with Gasteiger partial charge in [-0.1, -0.05) is 11.6 Å². The van der Waals surface area contributed by atoms with Crippen LogP contribution >= 0.6 is 24.0 Å². The van der Waals surface area contributed by atoms with E-state index < -0.39 is 36.0 Å². The molecule has 1 aromatic heterocycles. The van der Waals surface area contributed by atoms with Crippen molar-refractivity contribution in [3.8, 4) is 5.75 Å². The first-order chi connectivity index (χ1) is 14.3. The Hall–Kier alpha value is -2.73. The normalized spacial score (nSPS) is 15.8. The maximum absolute atomic E-state index is 13.4. The molecule has 0 saturated heterocycles. The fourth-order valence-electron chi connectivity index (χ4n) is 2.74. The van der Waals surface area contributed by atoms with Crippen LogP contribution in [0, 0.1) is 6.92 Å². The maximum atomic E-state index is 13.4. The molecule has 0 N–H and O–H groups in total. The average molecular weight is 505 g/mol. The molecule has 0 amide bonds. The van der Waals surface area contributed by atoms with E-state index in [4.69, 9.17) is 16.3 Å². The number of rotatable bonds is 3. The highest BCUT2D eigenvalue weighted by Crippen LogP contribution is 2.40. The van der Waals surface area contributed by atoms with Gasteiger partial charge in [-0.25, -0.2) is 14.6 Å². The molecule has 2 aromatic rings. The lowest BCUT2D eigenvalue weighted by Crippen LogP contribution is -2.42. The fraction of sp³-hybridized carbons (Fsp3) is 0.278. The molecule has 0 radical (unpaired) electrons. The van der Waals surface area contributed by atoms with Gasteiger partial charge >= 0.3 is 24.3 Å². The second-order valence-electron chi connectivity index (χ2n) is 6.40. The molecule has 0 aliphatic carbocycles. The van der Waals surface area contributed by atoms with Crippen molar-refractivity contribution in [1.82, 2.24) is 9.55 Å². The Morgan fingerprint density at radius 1 is 1.22 bits per heavy atom. The minimum atomic E-state index is -5.57. The number of carbonyl (C=O) groups is 2. The molecule has 0 fully saturated rings. The summed E-state index contributed by atoms with van der Waals surface area (Å²) >= 11 is 6.17. The van der Waals surface area contributed by atoms with Crippen molar-refractivity contribution in [1.29, 1.82) is 0 Å². The second kappa shape index (κ2) is 9.02. The van der Waals surface area contributed by atoms with Crippen molar-refractivity contribution >= 4 is 42.0 Å². The standard InChI is InChI=1S/C18H11ClF6N2O4.ClH/c1-8-26-2-3-27(8)7-10-6-13-9(5-12(10)19)4-11(14(30-13)17(20,21)22)15(28)31-16(29)18(23,24)25;/h2-6,14H,7H2,1H3;1H. The topological polar surface area (TPSA) is 70.4 Å². The monoisotopic (exact) mass is 504 g/mol. The number of nitrogens with zero attached hydrogens (tertiary/aromatic N) is 2. The lowest BCUT2D eigenvalue weighted by atomic mass is 9.99. The maximum Gasteiger partial charge on any atom is 0.491 e. The highest BCUT2D eigenvalue weighted by Gasteiger charge is 2.51. The van der Waals surface area contributed by atoms with Crippen molar-refractivity contribution < 1.29 is 45.4 Å². The zero-order valence-electron chi connectivity index (χ0n) is 15.8. The zero-order valence-corrected chi connectivity index (χ0v) is 17.3. The largest absolute Gasteiger partial charge is 0.491 e. The van der Waals surface area contributed by atoms with Crippen LogP contribution in [-0.4, -0.2) is 39.9 Å². The van der Waals surface area contributed by atoms with Crippen LogP contribution in [0.25, 0.3) is 6.08 Å². The van der Waals surface area contributed by atoms with Crippen molar-refractivity contribution in [2.24, 2.45) is 0 Å². The van der Waals surface area contributed by atoms with Gasteiger partial charge in [0.2, 0.25) is 6.10 Å². The predicted octanol–water partition coefficient (Wildman–Crippen LogP) is 4.65. The van der Waals surface area contributed by atoms with Gasteiger partial charge in [0, 0.05) is 23.0 Å². The van der Waals surface area contributed by atoms with E-state index in [9.17, 15) is 35.9 Å². The Balaban J connectivity index is 0.00000363. The van der Waals surface area contributed by atoms with Crippen LogP contribution in [0.5, 0.6) is 5.75 Å². The van der Waals surface area contributed by atoms with Gasteiger partial charge < -0.3 is 14.0 Å². The predicted molar refractivity (Wildman–Crippen MR) is 100 cm³/mol. The van der Waals surface area contributed by atoms with E-state index in [1.54, 1.807) is 17.7 Å². The SMILES string of the molecule is Cc1nccn1Cc1cc2c(cc1Cl)C=C(C(=O)OC(=O)C(F)(F)F)C(C(F)(F)F)O2.Cl. The molecule has 2 heterocycles. The third-order valence-corrected chi connectivity index (χ3v) is 4.58. The molecule has 174 valence electrons. The summed E-state index contributed by atoms with van der Waals surface area (Å²) < 4.78 is 87.3. The van der Waals surface area contributed by atoms with Crippen LogP contribution in [0.1, 0.15) is 17.0 Å². The molecular formula is C18H12Cl2F6N2O4. The van der Waals surface area contributed by atoms with Crippen molar-refractivity contribution in [3.63, 3.8) is 0 Å². The first-order valence-electron chi connectivity index (χ1n) is 8.36. The Bertz CT molecular complexity index is 1080. The third kappa shape index (κ3) is 5.36. The van der Waals surface area contributed by atoms with Gasteiger partial charge in [0.15, 0.2) is 0 Å². The number of aryl methyl sites for hydroxylation is 1. The number of aromatic nitrogens is 2. The zero-order chi connectivity index (χ0) is 23.1. The van der Waals surface area contributed by atoms with Crippen LogP contribution in [0.4, 0.5) is 26.3 Å². The van der Waals surface area contributed by atoms with E-state index in [-0.39, 0.29) is 35.3 Å². The molecule has 32 heavy (non-hydrogen) atoms. The van der Waals surface area contributed by atoms with E-state index in [1.807, 2.05) is 0 Å². The first-order valence-corrected chi connectivity index (χ1v) is 8.73. The molecule has 0 spiro atoms. The Labute approximate surface area is 187 Å². The van der Waals surface area contributed by atoms with Crippen molar-refractivity contribution in [2.75, 3.05) is 0 Å². The van der Waals surface area contributed by atoms with E-state index >= 15 is 0 Å². The summed E-state index contributed by atoms with van der Waals surface area (Å²) in [7, 11) is 0. The summed E-state index contributed by atoms with van der Waals surface area (Å²) in [6, 6.07) is 2.40. The van der Waals surface area contributed by atoms with Gasteiger partial charge in [-0.05, 0) is 30.7 Å². The number of hydrogen-bond donors (Lipinski definition) is 0. The van der Waals surface area contributed by atoms with E-state index in [0.717, 1.165) is 0 Å². The minimum Gasteiger partial charge on any atom is -0.475 e. The quantitative estimate of drug-likeness (QED) is 0.345. The number of halogens is 8. The highest BCUT2D eigenvalue weighted by molar-refractivity contribution is 6.31. The van der Waals surface area contributed by atoms with Gasteiger partial charge in [0.1, 0.15) is 11.6 Å². The lowest BCUT2D eigenvalue weighted by molar-refractivity contribution is -0.204. The number of carbonyl (C=O) groups excluding carboxylic acids is 2. The smallest absolute Gasteiger partial charge is 0.475 e. The van der Waals surface area contributed by atoms with Gasteiger partial charge in [0.05, 0.1) is 12.1 Å². The third-order valence-electron chi connectivity index (χ3n) is 4.23. The van der Waals surface area contributed by atoms with Crippen LogP contribution in [0.3, 0.4) is 0 Å². The Morgan fingerprint density at radius 3 is 2.41 bits per heavy atom. The van der Waals surface area contributed by atoms with Crippen molar-refractivity contribution in [3.05, 3.63) is 52.1 Å². The summed E-state index contributed by atoms with van der Waals surface area (Å²) in [6.45, 7) is 1.85. The van der Waals surface area contributed by atoms with Crippen molar-refractivity contribution in [2.45, 2.75) is 31.9 Å². The molecule has 1 aliphatic heterocycles. The highest BCUT2D eigenvalue weighted by atomic mass is 35.5. The molecule has 1 aromatic carbocycles. The molecule has 3 rings (SSSR count). The van der Waals surface area contributed by atoms with E-state index in [1.165, 1.54) is 18.3 Å². The summed E-state index contributed by atoms with van der Waals surface area (Å²) in [6.07, 6.45) is -9.94. The molecule has 14 heteroatoms. The molecule has 6 nitrogen and oxygen atoms in total. The van der Waals surface area contributed by atoms with Gasteiger partial charge in [-0.2, -0.15) is 26.3 Å².